The molecule has 1 aromatic carbocycles. The maximum atomic E-state index is 10.6. The number of phenols is 1. The van der Waals surface area contributed by atoms with E-state index in [4.69, 9.17) is 0 Å². The zero-order valence-corrected chi connectivity index (χ0v) is 11.9. The Morgan fingerprint density at radius 3 is 2.75 bits per heavy atom. The molecular formula is C16H24N2O2. The summed E-state index contributed by atoms with van der Waals surface area (Å²) in [6, 6.07) is 7.81. The van der Waals surface area contributed by atoms with Crippen LogP contribution in [0, 0.1) is 0 Å². The summed E-state index contributed by atoms with van der Waals surface area (Å²) in [4.78, 5) is 2.41. The number of benzene rings is 1. The number of phenolic OH excluding ortho intramolecular Hbond substituents is 1. The van der Waals surface area contributed by atoms with Gasteiger partial charge in [0.25, 0.3) is 0 Å². The van der Waals surface area contributed by atoms with Crippen LogP contribution < -0.4 is 5.32 Å². The van der Waals surface area contributed by atoms with E-state index in [1.165, 1.54) is 12.8 Å². The molecule has 4 nitrogen and oxygen atoms in total. The van der Waals surface area contributed by atoms with Crippen LogP contribution >= 0.6 is 0 Å². The number of hydrogen-bond donors (Lipinski definition) is 3. The van der Waals surface area contributed by atoms with Crippen molar-refractivity contribution in [1.29, 1.82) is 0 Å². The molecule has 2 heterocycles. The van der Waals surface area contributed by atoms with E-state index in [1.54, 1.807) is 6.07 Å². The molecule has 4 heteroatoms. The molecule has 2 aliphatic rings. The highest BCUT2D eigenvalue weighted by atomic mass is 16.3. The number of nitrogens with zero attached hydrogens (tertiary/aromatic N) is 1. The molecule has 0 spiro atoms. The molecular weight excluding hydrogens is 252 g/mol. The maximum Gasteiger partial charge on any atom is 0.118 e. The summed E-state index contributed by atoms with van der Waals surface area (Å²) in [7, 11) is 0. The summed E-state index contributed by atoms with van der Waals surface area (Å²) in [5, 5.41) is 23.6. The van der Waals surface area contributed by atoms with Crippen molar-refractivity contribution in [2.75, 3.05) is 26.2 Å². The highest BCUT2D eigenvalue weighted by Crippen LogP contribution is 2.29. The van der Waals surface area contributed by atoms with Crippen molar-refractivity contribution in [1.82, 2.24) is 10.2 Å². The topological polar surface area (TPSA) is 55.7 Å². The van der Waals surface area contributed by atoms with Gasteiger partial charge in [0.2, 0.25) is 0 Å². The minimum atomic E-state index is -0.543. The monoisotopic (exact) mass is 276 g/mol. The highest BCUT2D eigenvalue weighted by Gasteiger charge is 2.45. The largest absolute Gasteiger partial charge is 0.508 e. The van der Waals surface area contributed by atoms with E-state index in [1.807, 2.05) is 18.2 Å². The smallest absolute Gasteiger partial charge is 0.118 e. The molecule has 2 saturated heterocycles. The molecule has 110 valence electrons. The number of likely N-dealkylation sites (tertiary alicyclic amines) is 1. The summed E-state index contributed by atoms with van der Waals surface area (Å²) in [6.45, 7) is 3.39. The molecule has 2 fully saturated rings. The average Bonchev–Trinajstić information content (AvgIpc) is 2.44. The van der Waals surface area contributed by atoms with E-state index in [9.17, 15) is 10.2 Å². The second-order valence-electron chi connectivity index (χ2n) is 6.13. The lowest BCUT2D eigenvalue weighted by atomic mass is 9.82. The normalized spacial score (nSPS) is 26.1. The summed E-state index contributed by atoms with van der Waals surface area (Å²) < 4.78 is 0. The second-order valence-corrected chi connectivity index (χ2v) is 6.13. The predicted octanol–water partition coefficient (Wildman–Crippen LogP) is 1.12. The molecule has 3 N–H and O–H groups in total. The summed E-state index contributed by atoms with van der Waals surface area (Å²) >= 11 is 0. The summed E-state index contributed by atoms with van der Waals surface area (Å²) in [6.07, 6.45) is 4.34. The standard InChI is InChI=1S/C16H24N2O2/c19-14-6-2-1-5-13(14)8-10-18-9-4-3-7-15(18)16(20)11-17-12-16/h1-2,5-6,15,17,19-20H,3-4,7-12H2/t15-/m0/s1. The van der Waals surface area contributed by atoms with Gasteiger partial charge in [-0.2, -0.15) is 0 Å². The Bertz CT molecular complexity index is 460. The number of piperidine rings is 1. The Morgan fingerprint density at radius 1 is 1.25 bits per heavy atom. The number of hydrogen-bond acceptors (Lipinski definition) is 4. The van der Waals surface area contributed by atoms with Gasteiger partial charge >= 0.3 is 0 Å². The Labute approximate surface area is 120 Å². The number of aromatic hydroxyl groups is 1. The number of rotatable bonds is 4. The lowest BCUT2D eigenvalue weighted by Crippen LogP contribution is -2.70. The van der Waals surface area contributed by atoms with E-state index >= 15 is 0 Å². The van der Waals surface area contributed by atoms with Gasteiger partial charge < -0.3 is 15.5 Å². The molecule has 0 bridgehead atoms. The zero-order chi connectivity index (χ0) is 14.0. The molecule has 0 aromatic heterocycles. The van der Waals surface area contributed by atoms with Gasteiger partial charge in [-0.15, -0.1) is 0 Å². The van der Waals surface area contributed by atoms with E-state index in [0.717, 1.165) is 31.5 Å². The second kappa shape index (κ2) is 5.72. The molecule has 2 aliphatic heterocycles. The van der Waals surface area contributed by atoms with Crippen LogP contribution in [0.4, 0.5) is 0 Å². The maximum absolute atomic E-state index is 10.6. The summed E-state index contributed by atoms with van der Waals surface area (Å²) in [5.74, 6) is 0.380. The van der Waals surface area contributed by atoms with Crippen molar-refractivity contribution in [2.45, 2.75) is 37.3 Å². The van der Waals surface area contributed by atoms with Gasteiger partial charge in [-0.3, -0.25) is 4.90 Å². The highest BCUT2D eigenvalue weighted by molar-refractivity contribution is 5.31. The van der Waals surface area contributed by atoms with E-state index in [2.05, 4.69) is 10.2 Å². The fourth-order valence-corrected chi connectivity index (χ4v) is 3.47. The van der Waals surface area contributed by atoms with Crippen molar-refractivity contribution in [3.8, 4) is 5.75 Å². The van der Waals surface area contributed by atoms with Crippen LogP contribution in [0.15, 0.2) is 24.3 Å². The molecule has 0 aliphatic carbocycles. The molecule has 20 heavy (non-hydrogen) atoms. The molecule has 1 atom stereocenters. The van der Waals surface area contributed by atoms with Crippen LogP contribution in [0.3, 0.4) is 0 Å². The van der Waals surface area contributed by atoms with Crippen LogP contribution in [0.5, 0.6) is 5.75 Å². The van der Waals surface area contributed by atoms with E-state index < -0.39 is 5.60 Å². The molecule has 0 radical (unpaired) electrons. The van der Waals surface area contributed by atoms with Gasteiger partial charge in [0.15, 0.2) is 0 Å². The van der Waals surface area contributed by atoms with Gasteiger partial charge in [-0.25, -0.2) is 0 Å². The first-order valence-corrected chi connectivity index (χ1v) is 7.63. The van der Waals surface area contributed by atoms with Crippen molar-refractivity contribution in [3.63, 3.8) is 0 Å². The fraction of sp³-hybridized carbons (Fsp3) is 0.625. The van der Waals surface area contributed by atoms with Crippen LogP contribution in [-0.2, 0) is 6.42 Å². The Morgan fingerprint density at radius 2 is 2.05 bits per heavy atom. The van der Waals surface area contributed by atoms with Crippen molar-refractivity contribution >= 4 is 0 Å². The van der Waals surface area contributed by atoms with Crippen molar-refractivity contribution in [3.05, 3.63) is 29.8 Å². The zero-order valence-electron chi connectivity index (χ0n) is 11.9. The van der Waals surface area contributed by atoms with E-state index in [0.29, 0.717) is 18.8 Å². The lowest BCUT2D eigenvalue weighted by molar-refractivity contribution is -0.0941. The van der Waals surface area contributed by atoms with Crippen LogP contribution in [0.1, 0.15) is 24.8 Å². The first-order chi connectivity index (χ1) is 9.69. The Hall–Kier alpha value is -1.10. The number of β-amino-alcohol motifs (C(OH)–C–C–N with tert-alkyl or cyclic N) is 1. The first kappa shape index (κ1) is 13.9. The molecule has 0 saturated carbocycles. The molecule has 0 unspecified atom stereocenters. The van der Waals surface area contributed by atoms with Crippen LogP contribution in [-0.4, -0.2) is 52.9 Å². The lowest BCUT2D eigenvalue weighted by Gasteiger charge is -2.50. The van der Waals surface area contributed by atoms with Crippen molar-refractivity contribution in [2.24, 2.45) is 0 Å². The minimum Gasteiger partial charge on any atom is -0.508 e. The molecule has 3 rings (SSSR count). The Kier molecular flexibility index (Phi) is 3.96. The molecule has 0 amide bonds. The van der Waals surface area contributed by atoms with Crippen LogP contribution in [0.25, 0.3) is 0 Å². The van der Waals surface area contributed by atoms with Gasteiger partial charge in [-0.1, -0.05) is 24.6 Å². The first-order valence-electron chi connectivity index (χ1n) is 7.63. The van der Waals surface area contributed by atoms with Gasteiger partial charge in [0, 0.05) is 25.7 Å². The Balaban J connectivity index is 1.64. The third-order valence-corrected chi connectivity index (χ3v) is 4.76. The van der Waals surface area contributed by atoms with Crippen molar-refractivity contribution < 1.29 is 10.2 Å². The van der Waals surface area contributed by atoms with Gasteiger partial charge in [0.1, 0.15) is 11.4 Å². The fourth-order valence-electron chi connectivity index (χ4n) is 3.47. The third-order valence-electron chi connectivity index (χ3n) is 4.76. The number of nitrogens with one attached hydrogen (secondary N) is 1. The minimum absolute atomic E-state index is 0.267. The quantitative estimate of drug-likeness (QED) is 0.771. The summed E-state index contributed by atoms with van der Waals surface area (Å²) in [5.41, 5.74) is 0.453. The SMILES string of the molecule is Oc1ccccc1CCN1CCCC[C@H]1C1(O)CNC1. The molecule has 1 aromatic rings. The number of para-hydroxylation sites is 1. The van der Waals surface area contributed by atoms with Crippen LogP contribution in [0.2, 0.25) is 0 Å². The van der Waals surface area contributed by atoms with E-state index in [-0.39, 0.29) is 6.04 Å². The van der Waals surface area contributed by atoms with Gasteiger partial charge in [0.05, 0.1) is 0 Å². The average molecular weight is 276 g/mol. The van der Waals surface area contributed by atoms with Gasteiger partial charge in [-0.05, 0) is 37.4 Å². The predicted molar refractivity (Wildman–Crippen MR) is 78.8 cm³/mol. The number of aliphatic hydroxyl groups is 1. The third kappa shape index (κ3) is 2.68.